The lowest BCUT2D eigenvalue weighted by Gasteiger charge is -2.18. The van der Waals surface area contributed by atoms with Crippen molar-refractivity contribution in [3.63, 3.8) is 0 Å². The SMILES string of the molecule is CC(NCC1CCSC1)c1ccc(Br)cc1Cl. The summed E-state index contributed by atoms with van der Waals surface area (Å²) in [6.45, 7) is 3.28. The quantitative estimate of drug-likeness (QED) is 0.869. The van der Waals surface area contributed by atoms with Crippen molar-refractivity contribution in [1.82, 2.24) is 5.32 Å². The first-order valence-electron chi connectivity index (χ1n) is 5.93. The minimum atomic E-state index is 0.321. The van der Waals surface area contributed by atoms with Crippen molar-refractivity contribution in [1.29, 1.82) is 0 Å². The third-order valence-electron chi connectivity index (χ3n) is 3.17. The Morgan fingerprint density at radius 2 is 2.41 bits per heavy atom. The Balaban J connectivity index is 1.91. The van der Waals surface area contributed by atoms with Gasteiger partial charge in [-0.3, -0.25) is 0 Å². The van der Waals surface area contributed by atoms with E-state index >= 15 is 0 Å². The van der Waals surface area contributed by atoms with Gasteiger partial charge in [-0.2, -0.15) is 11.8 Å². The number of hydrogen-bond donors (Lipinski definition) is 1. The second-order valence-electron chi connectivity index (χ2n) is 4.53. The van der Waals surface area contributed by atoms with Crippen LogP contribution in [0.2, 0.25) is 5.02 Å². The van der Waals surface area contributed by atoms with Crippen LogP contribution in [0.3, 0.4) is 0 Å². The monoisotopic (exact) mass is 333 g/mol. The van der Waals surface area contributed by atoms with Crippen LogP contribution in [-0.2, 0) is 0 Å². The number of benzene rings is 1. The van der Waals surface area contributed by atoms with Gasteiger partial charge in [0.2, 0.25) is 0 Å². The molecule has 1 fully saturated rings. The van der Waals surface area contributed by atoms with Gasteiger partial charge < -0.3 is 5.32 Å². The molecule has 0 aromatic heterocycles. The molecule has 17 heavy (non-hydrogen) atoms. The molecule has 2 rings (SSSR count). The van der Waals surface area contributed by atoms with Crippen molar-refractivity contribution in [2.45, 2.75) is 19.4 Å². The van der Waals surface area contributed by atoms with Gasteiger partial charge in [0.05, 0.1) is 0 Å². The molecule has 4 heteroatoms. The molecule has 1 aromatic rings. The third-order valence-corrected chi connectivity index (χ3v) is 5.22. The maximum atomic E-state index is 6.25. The zero-order chi connectivity index (χ0) is 12.3. The Hall–Kier alpha value is 0.300. The van der Waals surface area contributed by atoms with Crippen LogP contribution >= 0.6 is 39.3 Å². The fourth-order valence-corrected chi connectivity index (χ4v) is 4.17. The average Bonchev–Trinajstić information content (AvgIpc) is 2.78. The van der Waals surface area contributed by atoms with E-state index in [-0.39, 0.29) is 0 Å². The molecule has 0 bridgehead atoms. The van der Waals surface area contributed by atoms with E-state index in [0.717, 1.165) is 22.0 Å². The Morgan fingerprint density at radius 3 is 3.06 bits per heavy atom. The van der Waals surface area contributed by atoms with Gasteiger partial charge in [0.25, 0.3) is 0 Å². The van der Waals surface area contributed by atoms with Crippen molar-refractivity contribution in [3.05, 3.63) is 33.3 Å². The number of thioether (sulfide) groups is 1. The van der Waals surface area contributed by atoms with Crippen molar-refractivity contribution < 1.29 is 0 Å². The molecule has 2 atom stereocenters. The highest BCUT2D eigenvalue weighted by molar-refractivity contribution is 9.10. The maximum absolute atomic E-state index is 6.25. The summed E-state index contributed by atoms with van der Waals surface area (Å²) >= 11 is 11.7. The van der Waals surface area contributed by atoms with Crippen molar-refractivity contribution in [2.24, 2.45) is 5.92 Å². The second kappa shape index (κ2) is 6.46. The maximum Gasteiger partial charge on any atom is 0.0464 e. The predicted molar refractivity (Wildman–Crippen MR) is 81.0 cm³/mol. The first kappa shape index (κ1) is 13.7. The van der Waals surface area contributed by atoms with Crippen LogP contribution < -0.4 is 5.32 Å². The summed E-state index contributed by atoms with van der Waals surface area (Å²) in [4.78, 5) is 0. The summed E-state index contributed by atoms with van der Waals surface area (Å²) < 4.78 is 1.03. The van der Waals surface area contributed by atoms with Gasteiger partial charge >= 0.3 is 0 Å². The minimum Gasteiger partial charge on any atom is -0.310 e. The lowest BCUT2D eigenvalue weighted by molar-refractivity contribution is 0.477. The molecule has 1 N–H and O–H groups in total. The zero-order valence-corrected chi connectivity index (χ0v) is 13.0. The summed E-state index contributed by atoms with van der Waals surface area (Å²) in [6, 6.07) is 6.42. The van der Waals surface area contributed by atoms with Crippen LogP contribution in [0.1, 0.15) is 24.9 Å². The number of nitrogens with one attached hydrogen (secondary N) is 1. The molecular formula is C13H17BrClNS. The van der Waals surface area contributed by atoms with Gasteiger partial charge in [0.15, 0.2) is 0 Å². The third kappa shape index (κ3) is 3.88. The van der Waals surface area contributed by atoms with Gasteiger partial charge in [0.1, 0.15) is 0 Å². The molecule has 2 unspecified atom stereocenters. The Kier molecular flexibility index (Phi) is 5.22. The molecule has 0 aliphatic carbocycles. The summed E-state index contributed by atoms with van der Waals surface area (Å²) in [5.41, 5.74) is 1.18. The van der Waals surface area contributed by atoms with Crippen molar-refractivity contribution in [2.75, 3.05) is 18.1 Å². The number of hydrogen-bond acceptors (Lipinski definition) is 2. The average molecular weight is 335 g/mol. The summed E-state index contributed by atoms with van der Waals surface area (Å²) in [5, 5.41) is 4.42. The summed E-state index contributed by atoms with van der Waals surface area (Å²) in [6.07, 6.45) is 1.35. The highest BCUT2D eigenvalue weighted by Crippen LogP contribution is 2.27. The van der Waals surface area contributed by atoms with E-state index in [2.05, 4.69) is 46.0 Å². The zero-order valence-electron chi connectivity index (χ0n) is 9.88. The number of rotatable bonds is 4. The van der Waals surface area contributed by atoms with E-state index in [1.807, 2.05) is 12.1 Å². The molecule has 94 valence electrons. The van der Waals surface area contributed by atoms with Crippen LogP contribution in [0, 0.1) is 5.92 Å². The topological polar surface area (TPSA) is 12.0 Å². The van der Waals surface area contributed by atoms with E-state index in [1.54, 1.807) is 0 Å². The van der Waals surface area contributed by atoms with Crippen LogP contribution in [0.4, 0.5) is 0 Å². The van der Waals surface area contributed by atoms with E-state index in [9.17, 15) is 0 Å². The fraction of sp³-hybridized carbons (Fsp3) is 0.538. The van der Waals surface area contributed by atoms with E-state index < -0.39 is 0 Å². The summed E-state index contributed by atoms with van der Waals surface area (Å²) in [5.74, 6) is 3.45. The molecule has 1 nitrogen and oxygen atoms in total. The van der Waals surface area contributed by atoms with Crippen molar-refractivity contribution in [3.8, 4) is 0 Å². The highest BCUT2D eigenvalue weighted by Gasteiger charge is 2.17. The fourth-order valence-electron chi connectivity index (χ4n) is 2.05. The minimum absolute atomic E-state index is 0.321. The highest BCUT2D eigenvalue weighted by atomic mass is 79.9. The Morgan fingerprint density at radius 1 is 1.59 bits per heavy atom. The number of halogens is 2. The van der Waals surface area contributed by atoms with Crippen LogP contribution in [0.5, 0.6) is 0 Å². The molecule has 0 amide bonds. The Bertz CT molecular complexity index is 380. The summed E-state index contributed by atoms with van der Waals surface area (Å²) in [7, 11) is 0. The molecular weight excluding hydrogens is 318 g/mol. The molecule has 1 aromatic carbocycles. The predicted octanol–water partition coefficient (Wildman–Crippen LogP) is 4.51. The van der Waals surface area contributed by atoms with E-state index in [0.29, 0.717) is 6.04 Å². The lowest BCUT2D eigenvalue weighted by Crippen LogP contribution is -2.25. The first-order valence-corrected chi connectivity index (χ1v) is 8.25. The molecule has 0 radical (unpaired) electrons. The van der Waals surface area contributed by atoms with Crippen molar-refractivity contribution >= 4 is 39.3 Å². The van der Waals surface area contributed by atoms with E-state index in [4.69, 9.17) is 11.6 Å². The first-order chi connectivity index (χ1) is 8.16. The normalized spacial score (nSPS) is 21.7. The van der Waals surface area contributed by atoms with Crippen LogP contribution in [0.25, 0.3) is 0 Å². The van der Waals surface area contributed by atoms with Gasteiger partial charge in [-0.15, -0.1) is 0 Å². The molecule has 1 aliphatic rings. The molecule has 0 spiro atoms. The standard InChI is InChI=1S/C13H17BrClNS/c1-9(16-7-10-4-5-17-8-10)12-3-2-11(14)6-13(12)15/h2-3,6,9-10,16H,4-5,7-8H2,1H3. The molecule has 0 saturated carbocycles. The van der Waals surface area contributed by atoms with Gasteiger partial charge in [0, 0.05) is 15.5 Å². The lowest BCUT2D eigenvalue weighted by atomic mass is 10.1. The van der Waals surface area contributed by atoms with Gasteiger partial charge in [-0.25, -0.2) is 0 Å². The van der Waals surface area contributed by atoms with Crippen LogP contribution in [-0.4, -0.2) is 18.1 Å². The molecule has 1 aliphatic heterocycles. The van der Waals surface area contributed by atoms with Crippen LogP contribution in [0.15, 0.2) is 22.7 Å². The smallest absolute Gasteiger partial charge is 0.0464 e. The second-order valence-corrected chi connectivity index (χ2v) is 7.00. The Labute approximate surface area is 121 Å². The van der Waals surface area contributed by atoms with E-state index in [1.165, 1.54) is 23.5 Å². The molecule has 1 heterocycles. The molecule has 1 saturated heterocycles. The van der Waals surface area contributed by atoms with Gasteiger partial charge in [-0.05, 0) is 55.0 Å². The largest absolute Gasteiger partial charge is 0.310 e. The van der Waals surface area contributed by atoms with Gasteiger partial charge in [-0.1, -0.05) is 33.6 Å².